The quantitative estimate of drug-likeness (QED) is 0.890. The Balaban J connectivity index is 2.45. The number of nitrogen functional groups attached to an aromatic ring is 1. The summed E-state index contributed by atoms with van der Waals surface area (Å²) in [6.07, 6.45) is 0. The summed E-state index contributed by atoms with van der Waals surface area (Å²) in [7, 11) is 1.45. The van der Waals surface area contributed by atoms with Crippen molar-refractivity contribution in [3.05, 3.63) is 17.9 Å². The first-order chi connectivity index (χ1) is 10.0. The molecule has 5 nitrogen and oxygen atoms in total. The lowest BCUT2D eigenvalue weighted by Crippen LogP contribution is -2.30. The van der Waals surface area contributed by atoms with Crippen LogP contribution in [0.4, 0.5) is 10.3 Å². The minimum absolute atomic E-state index is 0.144. The third-order valence-electron chi connectivity index (χ3n) is 3.85. The number of anilines is 1. The van der Waals surface area contributed by atoms with E-state index >= 15 is 0 Å². The van der Waals surface area contributed by atoms with Crippen LogP contribution in [0.1, 0.15) is 26.8 Å². The molecule has 1 aromatic carbocycles. The number of nitrogens with two attached hydrogens (primary N) is 1. The van der Waals surface area contributed by atoms with Crippen LogP contribution in [-0.4, -0.2) is 41.2 Å². The second kappa shape index (κ2) is 6.30. The van der Waals surface area contributed by atoms with E-state index in [9.17, 15) is 4.39 Å². The van der Waals surface area contributed by atoms with Crippen molar-refractivity contribution in [1.29, 1.82) is 0 Å². The zero-order valence-corrected chi connectivity index (χ0v) is 13.1. The van der Waals surface area contributed by atoms with E-state index in [2.05, 4.69) is 30.7 Å². The number of likely N-dealkylation sites (N-methyl/N-ethyl adjacent to an activating group) is 1. The molecule has 6 heteroatoms. The number of halogens is 1. The van der Waals surface area contributed by atoms with E-state index in [1.165, 1.54) is 13.2 Å². The van der Waals surface area contributed by atoms with Crippen LogP contribution in [0.3, 0.4) is 0 Å². The van der Waals surface area contributed by atoms with Crippen molar-refractivity contribution in [2.24, 2.45) is 0 Å². The highest BCUT2D eigenvalue weighted by Crippen LogP contribution is 2.29. The topological polar surface area (TPSA) is 56.3 Å². The molecule has 0 spiro atoms. The second-order valence-corrected chi connectivity index (χ2v) is 5.15. The van der Waals surface area contributed by atoms with Crippen LogP contribution in [0.5, 0.6) is 5.75 Å². The highest BCUT2D eigenvalue weighted by Gasteiger charge is 2.18. The van der Waals surface area contributed by atoms with Gasteiger partial charge in [0.15, 0.2) is 11.6 Å². The Kier molecular flexibility index (Phi) is 4.67. The lowest BCUT2D eigenvalue weighted by molar-refractivity contribution is 0.264. The van der Waals surface area contributed by atoms with Gasteiger partial charge in [-0.05, 0) is 20.0 Å². The SMILES string of the molecule is CCN(CC)CC(C)n1c(N)nc2cc(F)c(OC)cc21. The van der Waals surface area contributed by atoms with Crippen molar-refractivity contribution in [2.75, 3.05) is 32.5 Å². The van der Waals surface area contributed by atoms with Crippen LogP contribution < -0.4 is 10.5 Å². The number of fused-ring (bicyclic) bond motifs is 1. The summed E-state index contributed by atoms with van der Waals surface area (Å²) in [5.41, 5.74) is 7.37. The lowest BCUT2D eigenvalue weighted by atomic mass is 10.2. The fraction of sp³-hybridized carbons (Fsp3) is 0.533. The Morgan fingerprint density at radius 1 is 1.38 bits per heavy atom. The zero-order valence-electron chi connectivity index (χ0n) is 13.1. The number of methoxy groups -OCH3 is 1. The zero-order chi connectivity index (χ0) is 15.6. The first-order valence-corrected chi connectivity index (χ1v) is 7.25. The molecule has 0 saturated carbocycles. The molecule has 1 heterocycles. The largest absolute Gasteiger partial charge is 0.494 e. The average molecular weight is 294 g/mol. The molecule has 2 rings (SSSR count). The van der Waals surface area contributed by atoms with Crippen molar-refractivity contribution in [3.8, 4) is 5.75 Å². The van der Waals surface area contributed by atoms with Crippen molar-refractivity contribution >= 4 is 17.0 Å². The Labute approximate surface area is 124 Å². The molecule has 0 fully saturated rings. The predicted molar refractivity (Wildman–Crippen MR) is 83.2 cm³/mol. The van der Waals surface area contributed by atoms with Gasteiger partial charge in [-0.25, -0.2) is 9.37 Å². The van der Waals surface area contributed by atoms with Gasteiger partial charge < -0.3 is 19.9 Å². The molecular weight excluding hydrogens is 271 g/mol. The third-order valence-corrected chi connectivity index (χ3v) is 3.85. The fourth-order valence-electron chi connectivity index (χ4n) is 2.67. The van der Waals surface area contributed by atoms with Gasteiger partial charge in [-0.2, -0.15) is 0 Å². The first kappa shape index (κ1) is 15.6. The van der Waals surface area contributed by atoms with Gasteiger partial charge in [0, 0.05) is 24.7 Å². The molecular formula is C15H23FN4O. The molecule has 1 atom stereocenters. The number of nitrogens with zero attached hydrogens (tertiary/aromatic N) is 3. The van der Waals surface area contributed by atoms with Crippen molar-refractivity contribution in [2.45, 2.75) is 26.8 Å². The summed E-state index contributed by atoms with van der Waals surface area (Å²) in [6.45, 7) is 9.17. The molecule has 1 aromatic heterocycles. The second-order valence-electron chi connectivity index (χ2n) is 5.15. The number of hydrogen-bond donors (Lipinski definition) is 1. The molecule has 0 saturated heterocycles. The van der Waals surface area contributed by atoms with Crippen LogP contribution in [0, 0.1) is 5.82 Å². The molecule has 0 aliphatic carbocycles. The summed E-state index contributed by atoms with van der Waals surface area (Å²) in [6, 6.07) is 3.17. The molecule has 2 N–H and O–H groups in total. The minimum Gasteiger partial charge on any atom is -0.494 e. The van der Waals surface area contributed by atoms with E-state index in [4.69, 9.17) is 10.5 Å². The molecule has 2 aromatic rings. The van der Waals surface area contributed by atoms with Gasteiger partial charge in [-0.3, -0.25) is 0 Å². The molecule has 1 unspecified atom stereocenters. The smallest absolute Gasteiger partial charge is 0.201 e. The number of benzene rings is 1. The monoisotopic (exact) mass is 294 g/mol. The van der Waals surface area contributed by atoms with E-state index in [0.29, 0.717) is 11.5 Å². The molecule has 0 bridgehead atoms. The van der Waals surface area contributed by atoms with Crippen molar-refractivity contribution in [3.63, 3.8) is 0 Å². The number of rotatable bonds is 6. The van der Waals surface area contributed by atoms with E-state index < -0.39 is 5.82 Å². The van der Waals surface area contributed by atoms with Crippen LogP contribution in [0.2, 0.25) is 0 Å². The van der Waals surface area contributed by atoms with Gasteiger partial charge in [0.1, 0.15) is 0 Å². The first-order valence-electron chi connectivity index (χ1n) is 7.25. The number of imidazole rings is 1. The standard InChI is InChI=1S/C15H23FN4O/c1-5-19(6-2)9-10(3)20-13-8-14(21-4)11(16)7-12(13)18-15(20)17/h7-8,10H,5-6,9H2,1-4H3,(H2,17,18). The molecule has 116 valence electrons. The summed E-state index contributed by atoms with van der Waals surface area (Å²) < 4.78 is 20.8. The lowest BCUT2D eigenvalue weighted by Gasteiger charge is -2.24. The van der Waals surface area contributed by atoms with Gasteiger partial charge in [-0.1, -0.05) is 13.8 Å². The summed E-state index contributed by atoms with van der Waals surface area (Å²) in [4.78, 5) is 6.57. The van der Waals surface area contributed by atoms with Gasteiger partial charge in [-0.15, -0.1) is 0 Å². The van der Waals surface area contributed by atoms with Gasteiger partial charge >= 0.3 is 0 Å². The van der Waals surface area contributed by atoms with Crippen LogP contribution in [0.15, 0.2) is 12.1 Å². The van der Waals surface area contributed by atoms with Crippen LogP contribution in [-0.2, 0) is 0 Å². The Morgan fingerprint density at radius 2 is 2.05 bits per heavy atom. The predicted octanol–water partition coefficient (Wildman–Crippen LogP) is 2.67. The van der Waals surface area contributed by atoms with Crippen LogP contribution >= 0.6 is 0 Å². The van der Waals surface area contributed by atoms with Gasteiger partial charge in [0.2, 0.25) is 5.95 Å². The summed E-state index contributed by atoms with van der Waals surface area (Å²) in [5, 5.41) is 0. The summed E-state index contributed by atoms with van der Waals surface area (Å²) >= 11 is 0. The normalized spacial score (nSPS) is 13.0. The number of hydrogen-bond acceptors (Lipinski definition) is 4. The number of ether oxygens (including phenoxy) is 1. The highest BCUT2D eigenvalue weighted by molar-refractivity contribution is 5.80. The maximum absolute atomic E-state index is 13.8. The number of aromatic nitrogens is 2. The minimum atomic E-state index is -0.425. The maximum Gasteiger partial charge on any atom is 0.201 e. The molecule has 0 aliphatic rings. The van der Waals surface area contributed by atoms with Crippen LogP contribution in [0.25, 0.3) is 11.0 Å². The fourth-order valence-corrected chi connectivity index (χ4v) is 2.67. The van der Waals surface area contributed by atoms with E-state index in [1.807, 2.05) is 4.57 Å². The van der Waals surface area contributed by atoms with Gasteiger partial charge in [0.05, 0.1) is 18.1 Å². The Hall–Kier alpha value is -1.82. The average Bonchev–Trinajstić information content (AvgIpc) is 2.78. The Bertz CT molecular complexity index is 622. The molecule has 21 heavy (non-hydrogen) atoms. The molecule has 0 aliphatic heterocycles. The van der Waals surface area contributed by atoms with E-state index in [0.717, 1.165) is 25.2 Å². The van der Waals surface area contributed by atoms with E-state index in [-0.39, 0.29) is 11.8 Å². The maximum atomic E-state index is 13.8. The van der Waals surface area contributed by atoms with Crippen molar-refractivity contribution < 1.29 is 9.13 Å². The third kappa shape index (κ3) is 2.95. The molecule has 0 amide bonds. The molecule has 0 radical (unpaired) electrons. The highest BCUT2D eigenvalue weighted by atomic mass is 19.1. The van der Waals surface area contributed by atoms with Gasteiger partial charge in [0.25, 0.3) is 0 Å². The van der Waals surface area contributed by atoms with Crippen molar-refractivity contribution in [1.82, 2.24) is 14.5 Å². The Morgan fingerprint density at radius 3 is 2.62 bits per heavy atom. The van der Waals surface area contributed by atoms with E-state index in [1.54, 1.807) is 6.07 Å². The summed E-state index contributed by atoms with van der Waals surface area (Å²) in [5.74, 6) is 0.182.